The van der Waals surface area contributed by atoms with Crippen molar-refractivity contribution >= 4 is 17.0 Å². The lowest BCUT2D eigenvalue weighted by atomic mass is 10.0. The zero-order valence-corrected chi connectivity index (χ0v) is 12.4. The van der Waals surface area contributed by atoms with E-state index in [2.05, 4.69) is 35.4 Å². The van der Waals surface area contributed by atoms with Crippen LogP contribution in [0.3, 0.4) is 0 Å². The second kappa shape index (κ2) is 6.73. The van der Waals surface area contributed by atoms with Crippen LogP contribution < -0.4 is 4.90 Å². The molecule has 0 saturated carbocycles. The molecule has 0 bridgehead atoms. The number of hydrogen-bond donors (Lipinski definition) is 1. The molecule has 0 spiro atoms. The van der Waals surface area contributed by atoms with Gasteiger partial charge in [0, 0.05) is 22.7 Å². The Hall–Kier alpha value is -1.32. The van der Waals surface area contributed by atoms with Gasteiger partial charge >= 0.3 is 0 Å². The van der Waals surface area contributed by atoms with Crippen LogP contribution in [0.4, 0.5) is 5.69 Å². The van der Waals surface area contributed by atoms with E-state index >= 15 is 0 Å². The average Bonchev–Trinajstić information content (AvgIpc) is 2.97. The van der Waals surface area contributed by atoms with Crippen molar-refractivity contribution in [3.05, 3.63) is 52.2 Å². The fourth-order valence-corrected chi connectivity index (χ4v) is 2.95. The summed E-state index contributed by atoms with van der Waals surface area (Å²) in [6, 6.07) is 12.4. The molecule has 0 saturated heterocycles. The largest absolute Gasteiger partial charge is 0.388 e. The molecule has 0 amide bonds. The molecule has 1 atom stereocenters. The number of benzene rings is 1. The molecule has 1 N–H and O–H groups in total. The molecule has 3 heteroatoms. The van der Waals surface area contributed by atoms with Crippen LogP contribution in [0.25, 0.3) is 0 Å². The predicted octanol–water partition coefficient (Wildman–Crippen LogP) is 4.22. The van der Waals surface area contributed by atoms with Crippen LogP contribution in [0.15, 0.2) is 41.8 Å². The van der Waals surface area contributed by atoms with Crippen LogP contribution in [-0.2, 0) is 6.54 Å². The van der Waals surface area contributed by atoms with Crippen LogP contribution in [0.5, 0.6) is 0 Å². The molecular formula is C16H21NOS. The highest BCUT2D eigenvalue weighted by Gasteiger charge is 2.15. The van der Waals surface area contributed by atoms with E-state index in [0.717, 1.165) is 30.8 Å². The second-order valence-electron chi connectivity index (χ2n) is 4.58. The molecule has 102 valence electrons. The van der Waals surface area contributed by atoms with Gasteiger partial charge in [-0.15, -0.1) is 11.3 Å². The molecule has 0 aliphatic heterocycles. The van der Waals surface area contributed by atoms with Gasteiger partial charge in [-0.1, -0.05) is 31.2 Å². The Bertz CT molecular complexity index is 495. The third kappa shape index (κ3) is 3.37. The molecule has 2 rings (SSSR count). The molecular weight excluding hydrogens is 254 g/mol. The van der Waals surface area contributed by atoms with Crippen LogP contribution in [0, 0.1) is 0 Å². The fraction of sp³-hybridized carbons (Fsp3) is 0.375. The first-order valence-electron chi connectivity index (χ1n) is 6.80. The van der Waals surface area contributed by atoms with Crippen molar-refractivity contribution < 1.29 is 5.11 Å². The normalized spacial score (nSPS) is 12.4. The molecule has 1 aromatic carbocycles. The Labute approximate surface area is 119 Å². The SMILES string of the molecule is CCC(O)c1ccccc1N(CC)Cc1cccs1. The quantitative estimate of drug-likeness (QED) is 0.853. The molecule has 0 fully saturated rings. The van der Waals surface area contributed by atoms with Crippen molar-refractivity contribution in [3.8, 4) is 0 Å². The van der Waals surface area contributed by atoms with E-state index in [1.54, 1.807) is 11.3 Å². The van der Waals surface area contributed by atoms with Gasteiger partial charge in [0.15, 0.2) is 0 Å². The van der Waals surface area contributed by atoms with Gasteiger partial charge in [0.1, 0.15) is 0 Å². The molecule has 0 aliphatic carbocycles. The minimum absolute atomic E-state index is 0.381. The lowest BCUT2D eigenvalue weighted by molar-refractivity contribution is 0.174. The fourth-order valence-electron chi connectivity index (χ4n) is 2.24. The minimum Gasteiger partial charge on any atom is -0.388 e. The summed E-state index contributed by atoms with van der Waals surface area (Å²) in [4.78, 5) is 3.67. The van der Waals surface area contributed by atoms with Gasteiger partial charge in [0.25, 0.3) is 0 Å². The Morgan fingerprint density at radius 3 is 2.58 bits per heavy atom. The number of nitrogens with zero attached hydrogens (tertiary/aromatic N) is 1. The smallest absolute Gasteiger partial charge is 0.0807 e. The van der Waals surface area contributed by atoms with Crippen molar-refractivity contribution in [1.29, 1.82) is 0 Å². The van der Waals surface area contributed by atoms with Crippen molar-refractivity contribution in [2.24, 2.45) is 0 Å². The van der Waals surface area contributed by atoms with Crippen LogP contribution >= 0.6 is 11.3 Å². The highest BCUT2D eigenvalue weighted by Crippen LogP contribution is 2.29. The third-order valence-corrected chi connectivity index (χ3v) is 4.19. The first kappa shape index (κ1) is 14.1. The predicted molar refractivity (Wildman–Crippen MR) is 82.7 cm³/mol. The van der Waals surface area contributed by atoms with Gasteiger partial charge in [-0.25, -0.2) is 0 Å². The summed E-state index contributed by atoms with van der Waals surface area (Å²) in [5, 5.41) is 12.3. The summed E-state index contributed by atoms with van der Waals surface area (Å²) >= 11 is 1.78. The summed E-state index contributed by atoms with van der Waals surface area (Å²) in [5.41, 5.74) is 2.18. The number of hydrogen-bond acceptors (Lipinski definition) is 3. The van der Waals surface area contributed by atoms with Gasteiger partial charge in [0.05, 0.1) is 12.6 Å². The van der Waals surface area contributed by atoms with Crippen LogP contribution in [0.1, 0.15) is 36.8 Å². The zero-order valence-electron chi connectivity index (χ0n) is 11.5. The van der Waals surface area contributed by atoms with E-state index in [9.17, 15) is 5.11 Å². The van der Waals surface area contributed by atoms with E-state index in [4.69, 9.17) is 0 Å². The Morgan fingerprint density at radius 2 is 1.95 bits per heavy atom. The number of aliphatic hydroxyl groups is 1. The summed E-state index contributed by atoms with van der Waals surface area (Å²) in [7, 11) is 0. The minimum atomic E-state index is -0.381. The second-order valence-corrected chi connectivity index (χ2v) is 5.61. The van der Waals surface area contributed by atoms with E-state index in [1.165, 1.54) is 4.88 Å². The Kier molecular flexibility index (Phi) is 5.00. The molecule has 1 aromatic heterocycles. The molecule has 1 heterocycles. The zero-order chi connectivity index (χ0) is 13.7. The van der Waals surface area contributed by atoms with Gasteiger partial charge in [-0.2, -0.15) is 0 Å². The maximum atomic E-state index is 10.2. The third-order valence-electron chi connectivity index (χ3n) is 3.33. The molecule has 2 aromatic rings. The summed E-state index contributed by atoms with van der Waals surface area (Å²) in [6.45, 7) is 6.01. The first-order chi connectivity index (χ1) is 9.26. The van der Waals surface area contributed by atoms with E-state index in [0.29, 0.717) is 0 Å². The highest BCUT2D eigenvalue weighted by molar-refractivity contribution is 7.09. The number of rotatable bonds is 6. The number of anilines is 1. The monoisotopic (exact) mass is 275 g/mol. The molecule has 2 nitrogen and oxygen atoms in total. The van der Waals surface area contributed by atoms with E-state index in [-0.39, 0.29) is 6.10 Å². The number of aliphatic hydroxyl groups excluding tert-OH is 1. The summed E-state index contributed by atoms with van der Waals surface area (Å²) < 4.78 is 0. The maximum Gasteiger partial charge on any atom is 0.0807 e. The summed E-state index contributed by atoms with van der Waals surface area (Å²) in [5.74, 6) is 0. The van der Waals surface area contributed by atoms with Crippen LogP contribution in [-0.4, -0.2) is 11.7 Å². The topological polar surface area (TPSA) is 23.5 Å². The lowest BCUT2D eigenvalue weighted by Gasteiger charge is -2.26. The van der Waals surface area contributed by atoms with Crippen LogP contribution in [0.2, 0.25) is 0 Å². The van der Waals surface area contributed by atoms with E-state index < -0.39 is 0 Å². The maximum absolute atomic E-state index is 10.2. The lowest BCUT2D eigenvalue weighted by Crippen LogP contribution is -2.23. The first-order valence-corrected chi connectivity index (χ1v) is 7.68. The van der Waals surface area contributed by atoms with Crippen molar-refractivity contribution in [1.82, 2.24) is 0 Å². The molecule has 0 aliphatic rings. The van der Waals surface area contributed by atoms with Gasteiger partial charge in [0.2, 0.25) is 0 Å². The standard InChI is InChI=1S/C16H21NOS/c1-3-16(18)14-9-5-6-10-15(14)17(4-2)12-13-8-7-11-19-13/h5-11,16,18H,3-4,12H2,1-2H3. The number of para-hydroxylation sites is 1. The summed E-state index contributed by atoms with van der Waals surface area (Å²) in [6.07, 6.45) is 0.363. The van der Waals surface area contributed by atoms with E-state index in [1.807, 2.05) is 25.1 Å². The highest BCUT2D eigenvalue weighted by atomic mass is 32.1. The van der Waals surface area contributed by atoms with Gasteiger partial charge in [-0.05, 0) is 30.9 Å². The van der Waals surface area contributed by atoms with Crippen molar-refractivity contribution in [2.75, 3.05) is 11.4 Å². The molecule has 1 unspecified atom stereocenters. The average molecular weight is 275 g/mol. The van der Waals surface area contributed by atoms with Gasteiger partial charge in [-0.3, -0.25) is 0 Å². The number of thiophene rings is 1. The van der Waals surface area contributed by atoms with Crippen molar-refractivity contribution in [2.45, 2.75) is 32.9 Å². The Morgan fingerprint density at radius 1 is 1.16 bits per heavy atom. The molecule has 19 heavy (non-hydrogen) atoms. The Balaban J connectivity index is 2.27. The van der Waals surface area contributed by atoms with Gasteiger partial charge < -0.3 is 10.0 Å². The molecule has 0 radical (unpaired) electrons. The van der Waals surface area contributed by atoms with Crippen molar-refractivity contribution in [3.63, 3.8) is 0 Å².